The Morgan fingerprint density at radius 1 is 1.40 bits per heavy atom. The molecule has 0 aromatic carbocycles. The lowest BCUT2D eigenvalue weighted by Gasteiger charge is -2.14. The quantitative estimate of drug-likeness (QED) is 0.824. The van der Waals surface area contributed by atoms with Gasteiger partial charge in [0.05, 0.1) is 12.8 Å². The molecule has 0 amide bonds. The fourth-order valence-corrected chi connectivity index (χ4v) is 2.27. The molecule has 2 heterocycles. The van der Waals surface area contributed by atoms with Crippen molar-refractivity contribution in [2.45, 2.75) is 26.9 Å². The zero-order valence-electron chi connectivity index (χ0n) is 9.57. The van der Waals surface area contributed by atoms with Gasteiger partial charge in [0.2, 0.25) is 0 Å². The Balaban J connectivity index is 1.98. The molecule has 0 radical (unpaired) electrons. The van der Waals surface area contributed by atoms with Crippen LogP contribution in [0.1, 0.15) is 25.2 Å². The largest absolute Gasteiger partial charge is 0.468 e. The minimum Gasteiger partial charge on any atom is -0.468 e. The minimum atomic E-state index is 0.574. The highest BCUT2D eigenvalue weighted by atomic mass is 16.3. The van der Waals surface area contributed by atoms with Gasteiger partial charge in [-0.05, 0) is 17.9 Å². The maximum absolute atomic E-state index is 5.65. The van der Waals surface area contributed by atoms with Crippen molar-refractivity contribution in [3.63, 3.8) is 0 Å². The predicted molar refractivity (Wildman–Crippen MR) is 60.2 cm³/mol. The standard InChI is InChI=1S/C12H20N2O/c1-9-6-14(7-10(9)2)8-12-11(5-13)3-4-15-12/h3-4,9-10H,5-8,13H2,1-2H3. The van der Waals surface area contributed by atoms with Gasteiger partial charge < -0.3 is 10.2 Å². The van der Waals surface area contributed by atoms with Crippen molar-refractivity contribution in [1.29, 1.82) is 0 Å². The average Bonchev–Trinajstić information content (AvgIpc) is 2.75. The third-order valence-electron chi connectivity index (χ3n) is 3.49. The fraction of sp³-hybridized carbons (Fsp3) is 0.667. The maximum Gasteiger partial charge on any atom is 0.122 e. The van der Waals surface area contributed by atoms with Crippen molar-refractivity contribution >= 4 is 0 Å². The Bertz CT molecular complexity index is 311. The normalized spacial score (nSPS) is 27.4. The van der Waals surface area contributed by atoms with Crippen LogP contribution < -0.4 is 5.73 Å². The van der Waals surface area contributed by atoms with Crippen molar-refractivity contribution < 1.29 is 4.42 Å². The van der Waals surface area contributed by atoms with E-state index in [0.717, 1.165) is 29.7 Å². The van der Waals surface area contributed by atoms with Crippen LogP contribution in [0.2, 0.25) is 0 Å². The number of nitrogens with zero attached hydrogens (tertiary/aromatic N) is 1. The molecule has 2 N–H and O–H groups in total. The van der Waals surface area contributed by atoms with Gasteiger partial charge in [0.25, 0.3) is 0 Å². The van der Waals surface area contributed by atoms with E-state index in [4.69, 9.17) is 10.2 Å². The molecule has 3 nitrogen and oxygen atoms in total. The molecule has 84 valence electrons. The smallest absolute Gasteiger partial charge is 0.122 e. The van der Waals surface area contributed by atoms with E-state index >= 15 is 0 Å². The molecule has 1 aliphatic heterocycles. The third-order valence-corrected chi connectivity index (χ3v) is 3.49. The Labute approximate surface area is 91.2 Å². The number of likely N-dealkylation sites (tertiary alicyclic amines) is 1. The molecular weight excluding hydrogens is 188 g/mol. The van der Waals surface area contributed by atoms with Gasteiger partial charge in [-0.15, -0.1) is 0 Å². The lowest BCUT2D eigenvalue weighted by molar-refractivity contribution is 0.284. The first kappa shape index (κ1) is 10.7. The van der Waals surface area contributed by atoms with E-state index in [-0.39, 0.29) is 0 Å². The Kier molecular flexibility index (Phi) is 3.12. The summed E-state index contributed by atoms with van der Waals surface area (Å²) >= 11 is 0. The van der Waals surface area contributed by atoms with Crippen LogP contribution in [0, 0.1) is 11.8 Å². The number of rotatable bonds is 3. The number of nitrogens with two attached hydrogens (primary N) is 1. The molecule has 15 heavy (non-hydrogen) atoms. The summed E-state index contributed by atoms with van der Waals surface area (Å²) in [6.45, 7) is 8.46. The van der Waals surface area contributed by atoms with Gasteiger partial charge in [0, 0.05) is 25.2 Å². The summed E-state index contributed by atoms with van der Waals surface area (Å²) in [4.78, 5) is 2.45. The third kappa shape index (κ3) is 2.24. The van der Waals surface area contributed by atoms with Crippen LogP contribution in [0.4, 0.5) is 0 Å². The molecule has 1 saturated heterocycles. The highest BCUT2D eigenvalue weighted by Gasteiger charge is 2.26. The van der Waals surface area contributed by atoms with Crippen LogP contribution in [0.5, 0.6) is 0 Å². The molecule has 3 heteroatoms. The summed E-state index contributed by atoms with van der Waals surface area (Å²) in [7, 11) is 0. The average molecular weight is 208 g/mol. The molecule has 0 aliphatic carbocycles. The van der Waals surface area contributed by atoms with E-state index in [2.05, 4.69) is 18.7 Å². The van der Waals surface area contributed by atoms with Gasteiger partial charge in [0.15, 0.2) is 0 Å². The molecule has 1 aromatic heterocycles. The van der Waals surface area contributed by atoms with Crippen molar-refractivity contribution in [3.8, 4) is 0 Å². The van der Waals surface area contributed by atoms with Crippen LogP contribution in [0.3, 0.4) is 0 Å². The molecule has 0 spiro atoms. The van der Waals surface area contributed by atoms with Crippen molar-refractivity contribution in [1.82, 2.24) is 4.90 Å². The van der Waals surface area contributed by atoms with Crippen LogP contribution in [-0.4, -0.2) is 18.0 Å². The number of hydrogen-bond donors (Lipinski definition) is 1. The summed E-state index contributed by atoms with van der Waals surface area (Å²) in [5.74, 6) is 2.63. The lowest BCUT2D eigenvalue weighted by Crippen LogP contribution is -2.20. The Morgan fingerprint density at radius 3 is 2.67 bits per heavy atom. The van der Waals surface area contributed by atoms with Crippen molar-refractivity contribution in [3.05, 3.63) is 23.7 Å². The molecule has 2 atom stereocenters. The molecule has 2 rings (SSSR count). The van der Waals surface area contributed by atoms with Gasteiger partial charge in [-0.25, -0.2) is 0 Å². The second-order valence-electron chi connectivity index (χ2n) is 4.72. The van der Waals surface area contributed by atoms with E-state index in [0.29, 0.717) is 6.54 Å². The first-order chi connectivity index (χ1) is 7.20. The minimum absolute atomic E-state index is 0.574. The van der Waals surface area contributed by atoms with Gasteiger partial charge in [-0.1, -0.05) is 13.8 Å². The maximum atomic E-state index is 5.65. The molecule has 0 saturated carbocycles. The van der Waals surface area contributed by atoms with Crippen LogP contribution in [-0.2, 0) is 13.1 Å². The highest BCUT2D eigenvalue weighted by molar-refractivity contribution is 5.16. The first-order valence-corrected chi connectivity index (χ1v) is 5.68. The van der Waals surface area contributed by atoms with E-state index < -0.39 is 0 Å². The first-order valence-electron chi connectivity index (χ1n) is 5.68. The molecule has 1 aliphatic rings. The number of furan rings is 1. The number of hydrogen-bond acceptors (Lipinski definition) is 3. The molecule has 0 bridgehead atoms. The second-order valence-corrected chi connectivity index (χ2v) is 4.72. The van der Waals surface area contributed by atoms with E-state index in [1.807, 2.05) is 6.07 Å². The molecule has 2 unspecified atom stereocenters. The van der Waals surface area contributed by atoms with Gasteiger partial charge >= 0.3 is 0 Å². The highest BCUT2D eigenvalue weighted by Crippen LogP contribution is 2.24. The van der Waals surface area contributed by atoms with Crippen molar-refractivity contribution in [2.75, 3.05) is 13.1 Å². The van der Waals surface area contributed by atoms with Gasteiger partial charge in [-0.2, -0.15) is 0 Å². The Hall–Kier alpha value is -0.800. The fourth-order valence-electron chi connectivity index (χ4n) is 2.27. The van der Waals surface area contributed by atoms with Gasteiger partial charge in [0.1, 0.15) is 5.76 Å². The summed E-state index contributed by atoms with van der Waals surface area (Å²) in [6.07, 6.45) is 1.74. The van der Waals surface area contributed by atoms with Crippen molar-refractivity contribution in [2.24, 2.45) is 17.6 Å². The molecular formula is C12H20N2O. The zero-order valence-corrected chi connectivity index (χ0v) is 9.57. The van der Waals surface area contributed by atoms with E-state index in [1.165, 1.54) is 13.1 Å². The zero-order chi connectivity index (χ0) is 10.8. The van der Waals surface area contributed by atoms with Crippen LogP contribution in [0.15, 0.2) is 16.7 Å². The summed E-state index contributed by atoms with van der Waals surface area (Å²) in [5, 5.41) is 0. The molecule has 1 fully saturated rings. The monoisotopic (exact) mass is 208 g/mol. The van der Waals surface area contributed by atoms with Crippen LogP contribution in [0.25, 0.3) is 0 Å². The van der Waals surface area contributed by atoms with Gasteiger partial charge in [-0.3, -0.25) is 4.90 Å². The van der Waals surface area contributed by atoms with Crippen LogP contribution >= 0.6 is 0 Å². The SMILES string of the molecule is CC1CN(Cc2occc2CN)CC1C. The summed E-state index contributed by atoms with van der Waals surface area (Å²) in [5.41, 5.74) is 6.79. The summed E-state index contributed by atoms with van der Waals surface area (Å²) in [6, 6.07) is 1.97. The predicted octanol–water partition coefficient (Wildman–Crippen LogP) is 1.83. The lowest BCUT2D eigenvalue weighted by atomic mass is 10.0. The van der Waals surface area contributed by atoms with E-state index in [9.17, 15) is 0 Å². The topological polar surface area (TPSA) is 42.4 Å². The second kappa shape index (κ2) is 4.37. The Morgan fingerprint density at radius 2 is 2.07 bits per heavy atom. The van der Waals surface area contributed by atoms with E-state index in [1.54, 1.807) is 6.26 Å². The summed E-state index contributed by atoms with van der Waals surface area (Å²) < 4.78 is 5.47. The molecule has 1 aromatic rings.